The number of carbonyl (C=O) groups excluding carboxylic acids is 2. The summed E-state index contributed by atoms with van der Waals surface area (Å²) in [6, 6.07) is 9.82. The first-order chi connectivity index (χ1) is 9.20. The van der Waals surface area contributed by atoms with Crippen molar-refractivity contribution in [1.29, 1.82) is 0 Å². The lowest BCUT2D eigenvalue weighted by Gasteiger charge is -2.31. The maximum absolute atomic E-state index is 11.9. The van der Waals surface area contributed by atoms with Gasteiger partial charge in [0.05, 0.1) is 12.5 Å². The maximum atomic E-state index is 11.9. The highest BCUT2D eigenvalue weighted by molar-refractivity contribution is 5.81. The van der Waals surface area contributed by atoms with Crippen LogP contribution in [0.4, 0.5) is 0 Å². The van der Waals surface area contributed by atoms with Gasteiger partial charge < -0.3 is 9.64 Å². The molecule has 4 heteroatoms. The van der Waals surface area contributed by atoms with Gasteiger partial charge in [-0.15, -0.1) is 0 Å². The van der Waals surface area contributed by atoms with E-state index in [0.717, 1.165) is 5.56 Å². The van der Waals surface area contributed by atoms with Gasteiger partial charge in [0.15, 0.2) is 0 Å². The summed E-state index contributed by atoms with van der Waals surface area (Å²) in [6.45, 7) is 3.22. The molecule has 1 heterocycles. The molecule has 1 fully saturated rings. The number of ether oxygens (including phenoxy) is 1. The number of benzene rings is 1. The highest BCUT2D eigenvalue weighted by Gasteiger charge is 2.30. The fraction of sp³-hybridized carbons (Fsp3) is 0.467. The Morgan fingerprint density at radius 3 is 2.79 bits per heavy atom. The van der Waals surface area contributed by atoms with E-state index < -0.39 is 0 Å². The average Bonchev–Trinajstić information content (AvgIpc) is 2.42. The standard InChI is InChI=1S/C15H19NO3/c1-2-19-15(18)13-8-9-14(17)16(11-13)10-12-6-4-3-5-7-12/h3-7,13H,2,8-11H2,1H3/t13-/m0/s1. The number of esters is 1. The van der Waals surface area contributed by atoms with Crippen LogP contribution in [0.25, 0.3) is 0 Å². The van der Waals surface area contributed by atoms with Gasteiger partial charge in [-0.2, -0.15) is 0 Å². The lowest BCUT2D eigenvalue weighted by molar-refractivity contribution is -0.152. The second-order valence-electron chi connectivity index (χ2n) is 4.75. The summed E-state index contributed by atoms with van der Waals surface area (Å²) in [6.07, 6.45) is 1.03. The predicted octanol–water partition coefficient (Wildman–Crippen LogP) is 1.99. The third-order valence-corrected chi connectivity index (χ3v) is 3.34. The highest BCUT2D eigenvalue weighted by Crippen LogP contribution is 2.20. The number of carbonyl (C=O) groups is 2. The van der Waals surface area contributed by atoms with E-state index in [2.05, 4.69) is 0 Å². The van der Waals surface area contributed by atoms with Crippen LogP contribution in [0.2, 0.25) is 0 Å². The zero-order valence-corrected chi connectivity index (χ0v) is 11.2. The second-order valence-corrected chi connectivity index (χ2v) is 4.75. The second kappa shape index (κ2) is 6.36. The highest BCUT2D eigenvalue weighted by atomic mass is 16.5. The first-order valence-corrected chi connectivity index (χ1v) is 6.69. The smallest absolute Gasteiger partial charge is 0.310 e. The molecule has 4 nitrogen and oxygen atoms in total. The Morgan fingerprint density at radius 1 is 1.37 bits per heavy atom. The number of likely N-dealkylation sites (tertiary alicyclic amines) is 1. The van der Waals surface area contributed by atoms with E-state index in [9.17, 15) is 9.59 Å². The van der Waals surface area contributed by atoms with Crippen LogP contribution in [0.15, 0.2) is 30.3 Å². The van der Waals surface area contributed by atoms with Crippen molar-refractivity contribution in [2.24, 2.45) is 5.92 Å². The summed E-state index contributed by atoms with van der Waals surface area (Å²) in [4.78, 5) is 25.4. The minimum atomic E-state index is -0.187. The van der Waals surface area contributed by atoms with E-state index in [1.807, 2.05) is 30.3 Å². The number of piperidine rings is 1. The molecule has 1 aliphatic heterocycles. The van der Waals surface area contributed by atoms with Crippen LogP contribution in [0.1, 0.15) is 25.3 Å². The molecule has 1 atom stereocenters. The predicted molar refractivity (Wildman–Crippen MR) is 71.2 cm³/mol. The monoisotopic (exact) mass is 261 g/mol. The van der Waals surface area contributed by atoms with Crippen molar-refractivity contribution in [3.63, 3.8) is 0 Å². The summed E-state index contributed by atoms with van der Waals surface area (Å²) in [5, 5.41) is 0. The largest absolute Gasteiger partial charge is 0.466 e. The lowest BCUT2D eigenvalue weighted by Crippen LogP contribution is -2.42. The Kier molecular flexibility index (Phi) is 4.55. The summed E-state index contributed by atoms with van der Waals surface area (Å²) in [5.41, 5.74) is 1.08. The molecule has 0 spiro atoms. The van der Waals surface area contributed by atoms with Crippen molar-refractivity contribution in [3.05, 3.63) is 35.9 Å². The molecule has 2 rings (SSSR count). The molecular formula is C15H19NO3. The molecule has 19 heavy (non-hydrogen) atoms. The van der Waals surface area contributed by atoms with Gasteiger partial charge >= 0.3 is 5.97 Å². The normalized spacial score (nSPS) is 19.3. The molecule has 1 aromatic carbocycles. The van der Waals surface area contributed by atoms with Crippen LogP contribution in [0.5, 0.6) is 0 Å². The number of rotatable bonds is 4. The Morgan fingerprint density at radius 2 is 2.11 bits per heavy atom. The molecule has 1 aliphatic rings. The van der Waals surface area contributed by atoms with Gasteiger partial charge in [0.2, 0.25) is 5.91 Å². The zero-order chi connectivity index (χ0) is 13.7. The molecule has 0 unspecified atom stereocenters. The van der Waals surface area contributed by atoms with Gasteiger partial charge in [-0.1, -0.05) is 30.3 Å². The minimum absolute atomic E-state index is 0.115. The van der Waals surface area contributed by atoms with Crippen LogP contribution in [0.3, 0.4) is 0 Å². The van der Waals surface area contributed by atoms with Crippen LogP contribution in [0, 0.1) is 5.92 Å². The van der Waals surface area contributed by atoms with Crippen LogP contribution in [-0.4, -0.2) is 29.9 Å². The fourth-order valence-corrected chi connectivity index (χ4v) is 2.32. The Balaban J connectivity index is 1.99. The first-order valence-electron chi connectivity index (χ1n) is 6.69. The van der Waals surface area contributed by atoms with E-state index in [4.69, 9.17) is 4.74 Å². The third kappa shape index (κ3) is 3.56. The number of hydrogen-bond donors (Lipinski definition) is 0. The van der Waals surface area contributed by atoms with Gasteiger partial charge in [0.1, 0.15) is 0 Å². The Labute approximate surface area is 113 Å². The van der Waals surface area contributed by atoms with Crippen LogP contribution in [-0.2, 0) is 20.9 Å². The van der Waals surface area contributed by atoms with E-state index >= 15 is 0 Å². The summed E-state index contributed by atoms with van der Waals surface area (Å²) in [5.74, 6) is -0.251. The first kappa shape index (κ1) is 13.6. The number of amides is 1. The van der Waals surface area contributed by atoms with Crippen LogP contribution < -0.4 is 0 Å². The SMILES string of the molecule is CCOC(=O)[C@H]1CCC(=O)N(Cc2ccccc2)C1. The van der Waals surface area contributed by atoms with Gasteiger partial charge in [0.25, 0.3) is 0 Å². The van der Waals surface area contributed by atoms with Crippen molar-refractivity contribution < 1.29 is 14.3 Å². The lowest BCUT2D eigenvalue weighted by atomic mass is 9.97. The van der Waals surface area contributed by atoms with E-state index in [-0.39, 0.29) is 17.8 Å². The molecule has 0 bridgehead atoms. The van der Waals surface area contributed by atoms with Crippen molar-refractivity contribution in [1.82, 2.24) is 4.90 Å². The van der Waals surface area contributed by atoms with Crippen molar-refractivity contribution >= 4 is 11.9 Å². The molecule has 0 aromatic heterocycles. The zero-order valence-electron chi connectivity index (χ0n) is 11.2. The Hall–Kier alpha value is -1.84. The number of nitrogens with zero attached hydrogens (tertiary/aromatic N) is 1. The van der Waals surface area contributed by atoms with E-state index in [1.54, 1.807) is 11.8 Å². The minimum Gasteiger partial charge on any atom is -0.466 e. The summed E-state index contributed by atoms with van der Waals surface area (Å²) < 4.78 is 5.04. The summed E-state index contributed by atoms with van der Waals surface area (Å²) >= 11 is 0. The molecule has 1 aromatic rings. The average molecular weight is 261 g/mol. The van der Waals surface area contributed by atoms with Crippen LogP contribution >= 0.6 is 0 Å². The van der Waals surface area contributed by atoms with Gasteiger partial charge in [-0.25, -0.2) is 0 Å². The Bertz CT molecular complexity index is 444. The molecule has 0 aliphatic carbocycles. The molecule has 0 saturated carbocycles. The quantitative estimate of drug-likeness (QED) is 0.779. The van der Waals surface area contributed by atoms with Crippen molar-refractivity contribution in [3.8, 4) is 0 Å². The van der Waals surface area contributed by atoms with Gasteiger partial charge in [-0.05, 0) is 18.9 Å². The molecule has 1 saturated heterocycles. The van der Waals surface area contributed by atoms with Crippen molar-refractivity contribution in [2.75, 3.05) is 13.2 Å². The third-order valence-electron chi connectivity index (χ3n) is 3.34. The molecule has 0 radical (unpaired) electrons. The van der Waals surface area contributed by atoms with E-state index in [1.165, 1.54) is 0 Å². The van der Waals surface area contributed by atoms with Crippen molar-refractivity contribution in [2.45, 2.75) is 26.3 Å². The molecule has 1 amide bonds. The van der Waals surface area contributed by atoms with Gasteiger partial charge in [-0.3, -0.25) is 9.59 Å². The molecule has 102 valence electrons. The molecule has 0 N–H and O–H groups in total. The fourth-order valence-electron chi connectivity index (χ4n) is 2.32. The topological polar surface area (TPSA) is 46.6 Å². The number of hydrogen-bond acceptors (Lipinski definition) is 3. The van der Waals surface area contributed by atoms with Gasteiger partial charge in [0, 0.05) is 19.5 Å². The van der Waals surface area contributed by atoms with E-state index in [0.29, 0.717) is 32.5 Å². The molecular weight excluding hydrogens is 242 g/mol. The maximum Gasteiger partial charge on any atom is 0.310 e. The summed E-state index contributed by atoms with van der Waals surface area (Å²) in [7, 11) is 0.